The largest absolute Gasteiger partial charge is 0.483 e. The van der Waals surface area contributed by atoms with Crippen molar-refractivity contribution in [3.63, 3.8) is 0 Å². The summed E-state index contributed by atoms with van der Waals surface area (Å²) in [6, 6.07) is 22.2. The molecular formula is C30H31Br2ClN2O3. The summed E-state index contributed by atoms with van der Waals surface area (Å²) in [6.07, 6.45) is 5.77. The van der Waals surface area contributed by atoms with Crippen molar-refractivity contribution in [2.24, 2.45) is 0 Å². The van der Waals surface area contributed by atoms with Crippen LogP contribution in [0, 0.1) is 0 Å². The number of nitrogens with one attached hydrogen (secondary N) is 1. The van der Waals surface area contributed by atoms with Crippen molar-refractivity contribution >= 4 is 55.3 Å². The highest BCUT2D eigenvalue weighted by atomic mass is 79.9. The number of hydrogen-bond acceptors (Lipinski definition) is 3. The van der Waals surface area contributed by atoms with Crippen LogP contribution in [-0.4, -0.2) is 35.4 Å². The lowest BCUT2D eigenvalue weighted by Gasteiger charge is -2.33. The highest BCUT2D eigenvalue weighted by Crippen LogP contribution is 2.28. The smallest absolute Gasteiger partial charge is 0.261 e. The minimum Gasteiger partial charge on any atom is -0.483 e. The summed E-state index contributed by atoms with van der Waals surface area (Å²) in [6.45, 7) is 0.0750. The maximum absolute atomic E-state index is 13.8. The molecule has 38 heavy (non-hydrogen) atoms. The Labute approximate surface area is 246 Å². The van der Waals surface area contributed by atoms with E-state index in [1.165, 1.54) is 6.42 Å². The molecule has 0 unspecified atom stereocenters. The summed E-state index contributed by atoms with van der Waals surface area (Å²) in [5.74, 6) is 0.117. The molecule has 1 saturated carbocycles. The molecule has 0 aliphatic heterocycles. The molecule has 1 atom stereocenters. The molecule has 2 amide bonds. The molecule has 4 rings (SSSR count). The van der Waals surface area contributed by atoms with Crippen molar-refractivity contribution in [1.82, 2.24) is 10.2 Å². The average molecular weight is 663 g/mol. The molecule has 8 heteroatoms. The number of hydrogen-bond donors (Lipinski definition) is 1. The summed E-state index contributed by atoms with van der Waals surface area (Å²) in [4.78, 5) is 29.2. The van der Waals surface area contributed by atoms with Gasteiger partial charge in [0, 0.05) is 28.5 Å². The van der Waals surface area contributed by atoms with E-state index in [4.69, 9.17) is 16.3 Å². The summed E-state index contributed by atoms with van der Waals surface area (Å²) >= 11 is 13.0. The summed E-state index contributed by atoms with van der Waals surface area (Å²) in [5.41, 5.74) is 1.92. The quantitative estimate of drug-likeness (QED) is 0.247. The first kappa shape index (κ1) is 28.7. The Hall–Kier alpha value is -2.35. The van der Waals surface area contributed by atoms with Crippen LogP contribution in [-0.2, 0) is 22.6 Å². The molecule has 0 spiro atoms. The topological polar surface area (TPSA) is 58.6 Å². The molecular weight excluding hydrogens is 632 g/mol. The zero-order valence-corrected chi connectivity index (χ0v) is 25.0. The standard InChI is InChI=1S/C30H31Br2ClN2O3/c31-23-13-11-22(12-14-23)19-35(29(36)20-38-28-16-15-24(33)18-26(28)32)27(17-21-7-3-1-4-8-21)30(37)34-25-9-5-2-6-10-25/h1,3-4,7-8,11-16,18,25,27H,2,5-6,9-10,17,19-20H2,(H,34,37)/t27-/m0/s1. The number of nitrogens with zero attached hydrogens (tertiary/aromatic N) is 1. The van der Waals surface area contributed by atoms with Crippen molar-refractivity contribution in [3.8, 4) is 5.75 Å². The predicted molar refractivity (Wildman–Crippen MR) is 158 cm³/mol. The first-order valence-corrected chi connectivity index (χ1v) is 14.8. The van der Waals surface area contributed by atoms with E-state index in [2.05, 4.69) is 37.2 Å². The molecule has 1 N–H and O–H groups in total. The second kappa shape index (κ2) is 14.2. The minimum atomic E-state index is -0.687. The van der Waals surface area contributed by atoms with Crippen LogP contribution in [0.2, 0.25) is 5.02 Å². The predicted octanol–water partition coefficient (Wildman–Crippen LogP) is 7.33. The Balaban J connectivity index is 1.61. The molecule has 0 aromatic heterocycles. The van der Waals surface area contributed by atoms with Crippen LogP contribution in [0.4, 0.5) is 0 Å². The van der Waals surface area contributed by atoms with Gasteiger partial charge in [-0.3, -0.25) is 9.59 Å². The lowest BCUT2D eigenvalue weighted by atomic mass is 9.94. The Morgan fingerprint density at radius 1 is 0.947 bits per heavy atom. The highest BCUT2D eigenvalue weighted by molar-refractivity contribution is 9.10. The number of halogens is 3. The molecule has 0 saturated heterocycles. The Kier molecular flexibility index (Phi) is 10.7. The third-order valence-corrected chi connectivity index (χ3v) is 8.12. The van der Waals surface area contributed by atoms with Gasteiger partial charge in [0.1, 0.15) is 11.8 Å². The fraction of sp³-hybridized carbons (Fsp3) is 0.333. The fourth-order valence-electron chi connectivity index (χ4n) is 4.70. The van der Waals surface area contributed by atoms with E-state index < -0.39 is 6.04 Å². The maximum Gasteiger partial charge on any atom is 0.261 e. The third kappa shape index (κ3) is 8.32. The second-order valence-corrected chi connectivity index (χ2v) is 11.8. The van der Waals surface area contributed by atoms with Crippen LogP contribution < -0.4 is 10.1 Å². The number of benzene rings is 3. The second-order valence-electron chi connectivity index (χ2n) is 9.56. The van der Waals surface area contributed by atoms with E-state index in [1.54, 1.807) is 23.1 Å². The van der Waals surface area contributed by atoms with Gasteiger partial charge in [0.2, 0.25) is 5.91 Å². The van der Waals surface area contributed by atoms with Crippen molar-refractivity contribution < 1.29 is 14.3 Å². The van der Waals surface area contributed by atoms with Crippen molar-refractivity contribution in [2.45, 2.75) is 57.2 Å². The van der Waals surface area contributed by atoms with E-state index in [0.29, 0.717) is 21.7 Å². The third-order valence-electron chi connectivity index (χ3n) is 6.73. The number of ether oxygens (including phenoxy) is 1. The summed E-state index contributed by atoms with van der Waals surface area (Å²) in [7, 11) is 0. The van der Waals surface area contributed by atoms with Gasteiger partial charge in [0.25, 0.3) is 5.91 Å². The molecule has 3 aromatic rings. The fourth-order valence-corrected chi connectivity index (χ4v) is 5.76. The van der Waals surface area contributed by atoms with Gasteiger partial charge in [0.15, 0.2) is 6.61 Å². The summed E-state index contributed by atoms with van der Waals surface area (Å²) < 4.78 is 7.50. The van der Waals surface area contributed by atoms with Crippen LogP contribution in [0.5, 0.6) is 5.75 Å². The van der Waals surface area contributed by atoms with Crippen molar-refractivity contribution in [2.75, 3.05) is 6.61 Å². The van der Waals surface area contributed by atoms with Gasteiger partial charge in [0.05, 0.1) is 4.47 Å². The first-order chi connectivity index (χ1) is 18.4. The van der Waals surface area contributed by atoms with Gasteiger partial charge < -0.3 is 15.0 Å². The molecule has 5 nitrogen and oxygen atoms in total. The number of rotatable bonds is 10. The van der Waals surface area contributed by atoms with Crippen LogP contribution in [0.25, 0.3) is 0 Å². The SMILES string of the molecule is O=C(NC1CCCCC1)[C@H](Cc1ccccc1)N(Cc1ccc(Br)cc1)C(=O)COc1ccc(Cl)cc1Br. The van der Waals surface area contributed by atoms with E-state index in [-0.39, 0.29) is 31.0 Å². The zero-order chi connectivity index (χ0) is 26.9. The van der Waals surface area contributed by atoms with Crippen molar-refractivity contribution in [1.29, 1.82) is 0 Å². The molecule has 0 heterocycles. The monoisotopic (exact) mass is 660 g/mol. The molecule has 0 bridgehead atoms. The molecule has 3 aromatic carbocycles. The molecule has 1 fully saturated rings. The van der Waals surface area contributed by atoms with E-state index in [0.717, 1.165) is 41.3 Å². The number of carbonyl (C=O) groups is 2. The minimum absolute atomic E-state index is 0.126. The maximum atomic E-state index is 13.8. The Morgan fingerprint density at radius 2 is 1.66 bits per heavy atom. The van der Waals surface area contributed by atoms with Crippen molar-refractivity contribution in [3.05, 3.63) is 97.9 Å². The molecule has 1 aliphatic carbocycles. The normalized spacial score (nSPS) is 14.5. The van der Waals surface area contributed by atoms with Gasteiger partial charge >= 0.3 is 0 Å². The zero-order valence-electron chi connectivity index (χ0n) is 21.0. The molecule has 200 valence electrons. The van der Waals surface area contributed by atoms with Crippen LogP contribution in [0.15, 0.2) is 81.7 Å². The van der Waals surface area contributed by atoms with Crippen LogP contribution in [0.1, 0.15) is 43.2 Å². The number of carbonyl (C=O) groups excluding carboxylic acids is 2. The Bertz CT molecular complexity index is 1220. The lowest BCUT2D eigenvalue weighted by molar-refractivity contribution is -0.143. The first-order valence-electron chi connectivity index (χ1n) is 12.8. The van der Waals surface area contributed by atoms with Gasteiger partial charge in [-0.1, -0.05) is 89.3 Å². The molecule has 0 radical (unpaired) electrons. The van der Waals surface area contributed by atoms with Crippen LogP contribution >= 0.6 is 43.5 Å². The average Bonchev–Trinajstić information content (AvgIpc) is 2.92. The van der Waals surface area contributed by atoms with Crippen LogP contribution in [0.3, 0.4) is 0 Å². The molecule has 1 aliphatic rings. The van der Waals surface area contributed by atoms with E-state index in [1.807, 2.05) is 54.6 Å². The summed E-state index contributed by atoms with van der Waals surface area (Å²) in [5, 5.41) is 3.82. The van der Waals surface area contributed by atoms with Gasteiger partial charge in [-0.15, -0.1) is 0 Å². The van der Waals surface area contributed by atoms with E-state index in [9.17, 15) is 9.59 Å². The lowest BCUT2D eigenvalue weighted by Crippen LogP contribution is -2.53. The highest BCUT2D eigenvalue weighted by Gasteiger charge is 2.32. The Morgan fingerprint density at radius 3 is 2.34 bits per heavy atom. The number of amides is 2. The van der Waals surface area contributed by atoms with Gasteiger partial charge in [-0.05, 0) is 70.2 Å². The van der Waals surface area contributed by atoms with E-state index >= 15 is 0 Å². The van der Waals surface area contributed by atoms with Gasteiger partial charge in [-0.2, -0.15) is 0 Å². The van der Waals surface area contributed by atoms with Gasteiger partial charge in [-0.25, -0.2) is 0 Å².